The molecule has 2 rings (SSSR count). The Labute approximate surface area is 139 Å². The first-order valence-corrected chi connectivity index (χ1v) is 8.35. The summed E-state index contributed by atoms with van der Waals surface area (Å²) in [6, 6.07) is 8.14. The third-order valence-corrected chi connectivity index (χ3v) is 4.24. The van der Waals surface area contributed by atoms with Crippen LogP contribution in [0.4, 0.5) is 0 Å². The summed E-state index contributed by atoms with van der Waals surface area (Å²) in [7, 11) is 1.68. The van der Waals surface area contributed by atoms with Gasteiger partial charge in [0.05, 0.1) is 7.11 Å². The Morgan fingerprint density at radius 3 is 2.74 bits per heavy atom. The van der Waals surface area contributed by atoms with E-state index in [4.69, 9.17) is 4.74 Å². The molecule has 4 nitrogen and oxygen atoms in total. The van der Waals surface area contributed by atoms with Crippen molar-refractivity contribution in [1.29, 1.82) is 0 Å². The van der Waals surface area contributed by atoms with Gasteiger partial charge in [0.1, 0.15) is 5.75 Å². The zero-order valence-corrected chi connectivity index (χ0v) is 14.5. The van der Waals surface area contributed by atoms with Gasteiger partial charge in [-0.05, 0) is 49.9 Å². The Kier molecular flexibility index (Phi) is 6.66. The predicted octanol–water partition coefficient (Wildman–Crippen LogP) is 2.95. The second-order valence-electron chi connectivity index (χ2n) is 6.44. The van der Waals surface area contributed by atoms with E-state index >= 15 is 0 Å². The zero-order chi connectivity index (χ0) is 16.7. The molecule has 1 aliphatic rings. The van der Waals surface area contributed by atoms with Gasteiger partial charge in [0.15, 0.2) is 0 Å². The van der Waals surface area contributed by atoms with Gasteiger partial charge in [0.2, 0.25) is 5.91 Å². The maximum absolute atomic E-state index is 11.1. The van der Waals surface area contributed by atoms with Crippen molar-refractivity contribution in [3.05, 3.63) is 35.4 Å². The molecule has 1 heterocycles. The van der Waals surface area contributed by atoms with Crippen LogP contribution in [-0.2, 0) is 4.79 Å². The molecule has 0 saturated carbocycles. The number of amides is 1. The van der Waals surface area contributed by atoms with Crippen molar-refractivity contribution in [3.8, 4) is 5.75 Å². The van der Waals surface area contributed by atoms with Gasteiger partial charge in [0.25, 0.3) is 0 Å². The smallest absolute Gasteiger partial charge is 0.216 e. The molecule has 0 radical (unpaired) electrons. The number of rotatable bonds is 6. The van der Waals surface area contributed by atoms with Gasteiger partial charge in [-0.25, -0.2) is 0 Å². The fourth-order valence-electron chi connectivity index (χ4n) is 3.13. The van der Waals surface area contributed by atoms with E-state index in [9.17, 15) is 4.79 Å². The Morgan fingerprint density at radius 2 is 2.09 bits per heavy atom. The fourth-order valence-corrected chi connectivity index (χ4v) is 3.13. The van der Waals surface area contributed by atoms with Gasteiger partial charge in [-0.1, -0.05) is 23.8 Å². The summed E-state index contributed by atoms with van der Waals surface area (Å²) >= 11 is 0. The molecule has 126 valence electrons. The van der Waals surface area contributed by atoms with Crippen LogP contribution in [0.3, 0.4) is 0 Å². The average molecular weight is 316 g/mol. The summed E-state index contributed by atoms with van der Waals surface area (Å²) in [5.74, 6) is 1.52. The van der Waals surface area contributed by atoms with Crippen molar-refractivity contribution in [3.63, 3.8) is 0 Å². The summed E-state index contributed by atoms with van der Waals surface area (Å²) in [6.45, 7) is 7.76. The van der Waals surface area contributed by atoms with E-state index in [2.05, 4.69) is 35.3 Å². The molecule has 1 amide bonds. The third-order valence-electron chi connectivity index (χ3n) is 4.24. The van der Waals surface area contributed by atoms with E-state index in [1.54, 1.807) is 14.0 Å². The summed E-state index contributed by atoms with van der Waals surface area (Å²) in [4.78, 5) is 13.5. The van der Waals surface area contributed by atoms with Crippen molar-refractivity contribution in [2.75, 3.05) is 33.3 Å². The number of methoxy groups -OCH3 is 1. The zero-order valence-electron chi connectivity index (χ0n) is 14.5. The third kappa shape index (κ3) is 6.06. The number of nitrogens with one attached hydrogen (secondary N) is 1. The van der Waals surface area contributed by atoms with Crippen molar-refractivity contribution in [2.45, 2.75) is 26.7 Å². The topological polar surface area (TPSA) is 41.6 Å². The highest BCUT2D eigenvalue weighted by Gasteiger charge is 2.19. The average Bonchev–Trinajstić information content (AvgIpc) is 2.54. The molecule has 1 atom stereocenters. The van der Waals surface area contributed by atoms with Crippen LogP contribution in [0.1, 0.15) is 32.3 Å². The minimum absolute atomic E-state index is 0.0673. The molecule has 0 aromatic heterocycles. The number of piperidine rings is 1. The molecular weight excluding hydrogens is 288 g/mol. The summed E-state index contributed by atoms with van der Waals surface area (Å²) in [5, 5.41) is 2.95. The van der Waals surface area contributed by atoms with Crippen LogP contribution in [0.5, 0.6) is 5.75 Å². The number of hydrogen-bond donors (Lipinski definition) is 1. The quantitative estimate of drug-likeness (QED) is 0.877. The Hall–Kier alpha value is -1.81. The Balaban J connectivity index is 1.86. The molecule has 0 unspecified atom stereocenters. The molecule has 0 spiro atoms. The number of ether oxygens (including phenoxy) is 1. The van der Waals surface area contributed by atoms with Crippen LogP contribution in [0.15, 0.2) is 29.8 Å². The van der Waals surface area contributed by atoms with Crippen LogP contribution >= 0.6 is 0 Å². The molecule has 0 aliphatic carbocycles. The first-order chi connectivity index (χ1) is 11.1. The predicted molar refractivity (Wildman–Crippen MR) is 94.5 cm³/mol. The molecule has 4 heteroatoms. The molecule has 23 heavy (non-hydrogen) atoms. The number of benzene rings is 1. The lowest BCUT2D eigenvalue weighted by Gasteiger charge is -2.33. The van der Waals surface area contributed by atoms with E-state index in [0.29, 0.717) is 5.92 Å². The molecule has 1 fully saturated rings. The van der Waals surface area contributed by atoms with E-state index < -0.39 is 0 Å². The minimum Gasteiger partial charge on any atom is -0.497 e. The number of carbonyl (C=O) groups is 1. The maximum atomic E-state index is 11.1. The van der Waals surface area contributed by atoms with E-state index in [1.165, 1.54) is 24.0 Å². The number of hydrogen-bond acceptors (Lipinski definition) is 3. The number of carbonyl (C=O) groups excluding carboxylic acids is 1. The highest BCUT2D eigenvalue weighted by molar-refractivity contribution is 5.72. The molecular formula is C19H28N2O2. The van der Waals surface area contributed by atoms with Crippen LogP contribution in [0.2, 0.25) is 0 Å². The van der Waals surface area contributed by atoms with Gasteiger partial charge in [-0.2, -0.15) is 0 Å². The van der Waals surface area contributed by atoms with Crippen LogP contribution in [-0.4, -0.2) is 44.1 Å². The summed E-state index contributed by atoms with van der Waals surface area (Å²) < 4.78 is 5.19. The first-order valence-electron chi connectivity index (χ1n) is 8.35. The standard InChI is InChI=1S/C19H28N2O2/c1-15(11-17-6-8-19(23-3)9-7-17)13-21-10-4-5-18(14-21)12-20-16(2)22/h6-9,11,18H,4-5,10,12-14H2,1-3H3,(H,20,22)/t18-/m1/s1. The van der Waals surface area contributed by atoms with E-state index in [-0.39, 0.29) is 5.91 Å². The van der Waals surface area contributed by atoms with Crippen molar-refractivity contribution in [2.24, 2.45) is 5.92 Å². The van der Waals surface area contributed by atoms with Crippen molar-refractivity contribution < 1.29 is 9.53 Å². The van der Waals surface area contributed by atoms with Crippen LogP contribution in [0, 0.1) is 5.92 Å². The van der Waals surface area contributed by atoms with Gasteiger partial charge >= 0.3 is 0 Å². The molecule has 1 saturated heterocycles. The van der Waals surface area contributed by atoms with Crippen LogP contribution < -0.4 is 10.1 Å². The highest BCUT2D eigenvalue weighted by Crippen LogP contribution is 2.18. The van der Waals surface area contributed by atoms with Gasteiger partial charge in [-0.15, -0.1) is 0 Å². The lowest BCUT2D eigenvalue weighted by Crippen LogP contribution is -2.41. The maximum Gasteiger partial charge on any atom is 0.216 e. The van der Waals surface area contributed by atoms with E-state index in [1.807, 2.05) is 12.1 Å². The van der Waals surface area contributed by atoms with E-state index in [0.717, 1.165) is 31.9 Å². The number of nitrogens with zero attached hydrogens (tertiary/aromatic N) is 1. The SMILES string of the molecule is COc1ccc(C=C(C)CN2CCC[C@H](CNC(C)=O)C2)cc1. The minimum atomic E-state index is 0.0673. The molecule has 1 aromatic carbocycles. The monoisotopic (exact) mass is 316 g/mol. The number of likely N-dealkylation sites (tertiary alicyclic amines) is 1. The molecule has 1 N–H and O–H groups in total. The lowest BCUT2D eigenvalue weighted by atomic mass is 9.97. The highest BCUT2D eigenvalue weighted by atomic mass is 16.5. The first kappa shape index (κ1) is 17.5. The largest absolute Gasteiger partial charge is 0.497 e. The summed E-state index contributed by atoms with van der Waals surface area (Å²) in [5.41, 5.74) is 2.56. The molecule has 0 bridgehead atoms. The molecule has 1 aromatic rings. The normalized spacial score (nSPS) is 19.4. The second-order valence-corrected chi connectivity index (χ2v) is 6.44. The molecule has 1 aliphatic heterocycles. The van der Waals surface area contributed by atoms with Gasteiger partial charge in [0, 0.05) is 26.6 Å². The lowest BCUT2D eigenvalue weighted by molar-refractivity contribution is -0.119. The van der Waals surface area contributed by atoms with Gasteiger partial charge < -0.3 is 10.1 Å². The van der Waals surface area contributed by atoms with Gasteiger partial charge in [-0.3, -0.25) is 9.69 Å². The Bertz CT molecular complexity index is 537. The summed E-state index contributed by atoms with van der Waals surface area (Å²) in [6.07, 6.45) is 4.65. The second kappa shape index (κ2) is 8.73. The van der Waals surface area contributed by atoms with Crippen LogP contribution in [0.25, 0.3) is 6.08 Å². The van der Waals surface area contributed by atoms with Crippen molar-refractivity contribution >= 4 is 12.0 Å². The Morgan fingerprint density at radius 1 is 1.35 bits per heavy atom. The fraction of sp³-hybridized carbons (Fsp3) is 0.526. The van der Waals surface area contributed by atoms with Crippen molar-refractivity contribution in [1.82, 2.24) is 10.2 Å².